The fraction of sp³-hybridized carbons (Fsp3) is 0.500. The number of aliphatic hydroxyl groups excluding tert-OH is 2. The van der Waals surface area contributed by atoms with Crippen molar-refractivity contribution in [1.29, 1.82) is 0 Å². The Balaban J connectivity index is 2.14. The zero-order chi connectivity index (χ0) is 15.9. The molecule has 0 radical (unpaired) electrons. The summed E-state index contributed by atoms with van der Waals surface area (Å²) in [5, 5.41) is 30.3. The summed E-state index contributed by atoms with van der Waals surface area (Å²) >= 11 is 0. The molecule has 3 heterocycles. The lowest BCUT2D eigenvalue weighted by atomic mass is 9.94. The number of aliphatic hydroxyl groups is 3. The Morgan fingerprint density at radius 3 is 2.91 bits per heavy atom. The number of nitrogens with zero attached hydrogens (tertiary/aromatic N) is 4. The van der Waals surface area contributed by atoms with E-state index in [4.69, 9.17) is 4.74 Å². The summed E-state index contributed by atoms with van der Waals surface area (Å²) in [6.45, 7) is 2.84. The Bertz CT molecular complexity index is 765. The summed E-state index contributed by atoms with van der Waals surface area (Å²) in [6, 6.07) is 0. The van der Waals surface area contributed by atoms with E-state index in [1.165, 1.54) is 10.9 Å². The van der Waals surface area contributed by atoms with Gasteiger partial charge in [0.25, 0.3) is 0 Å². The van der Waals surface area contributed by atoms with Crippen LogP contribution in [0.4, 0.5) is 0 Å². The molecule has 1 aliphatic rings. The second-order valence-corrected chi connectivity index (χ2v) is 5.13. The fourth-order valence-electron chi connectivity index (χ4n) is 2.61. The molecule has 0 spiro atoms. The van der Waals surface area contributed by atoms with E-state index in [-0.39, 0.29) is 0 Å². The Morgan fingerprint density at radius 1 is 1.45 bits per heavy atom. The third-order valence-corrected chi connectivity index (χ3v) is 3.68. The number of ether oxygens (including phenoxy) is 1. The molecular weight excluding hydrogens is 288 g/mol. The summed E-state index contributed by atoms with van der Waals surface area (Å²) in [7, 11) is 0. The van der Waals surface area contributed by atoms with Crippen molar-refractivity contribution in [1.82, 2.24) is 19.5 Å². The number of fused-ring (bicyclic) bond motifs is 1. The molecule has 8 heteroatoms. The second kappa shape index (κ2) is 5.30. The topological polar surface area (TPSA) is 114 Å². The van der Waals surface area contributed by atoms with Crippen LogP contribution in [0.5, 0.6) is 0 Å². The smallest absolute Gasteiger partial charge is 0.199 e. The lowest BCUT2D eigenvalue weighted by Crippen LogP contribution is -2.45. The molecule has 3 N–H and O–H groups in total. The monoisotopic (exact) mass is 304 g/mol. The van der Waals surface area contributed by atoms with Crippen molar-refractivity contribution in [2.45, 2.75) is 37.9 Å². The fourth-order valence-corrected chi connectivity index (χ4v) is 2.61. The first-order valence-electron chi connectivity index (χ1n) is 6.78. The highest BCUT2D eigenvalue weighted by Gasteiger charge is 2.55. The van der Waals surface area contributed by atoms with Crippen LogP contribution in [-0.2, 0) is 4.74 Å². The van der Waals surface area contributed by atoms with Crippen LogP contribution in [0.3, 0.4) is 0 Å². The molecule has 0 saturated carbocycles. The van der Waals surface area contributed by atoms with Gasteiger partial charge in [-0.3, -0.25) is 4.57 Å². The minimum atomic E-state index is -1.87. The number of rotatable bonds is 2. The maximum Gasteiger partial charge on any atom is 0.199 e. The zero-order valence-electron chi connectivity index (χ0n) is 12.1. The van der Waals surface area contributed by atoms with Crippen LogP contribution >= 0.6 is 0 Å². The molecule has 1 aliphatic heterocycles. The van der Waals surface area contributed by atoms with E-state index >= 15 is 0 Å². The van der Waals surface area contributed by atoms with Crippen LogP contribution in [0.2, 0.25) is 0 Å². The van der Waals surface area contributed by atoms with Crippen LogP contribution in [-0.4, -0.2) is 59.3 Å². The van der Waals surface area contributed by atoms with Crippen molar-refractivity contribution in [3.63, 3.8) is 0 Å². The Labute approximate surface area is 126 Å². The zero-order valence-corrected chi connectivity index (χ0v) is 12.1. The molecule has 3 rings (SSSR count). The standard InChI is InChI=1S/C14H16N4O4/c1-3-4-14(21)11(20)10(6-19)22-13(14)18-7-16-9-5-15-8(2)17-12(9)18/h5,7,10-11,13,19-21H,6H2,1-2H3/t10-,11+,13-,14?/m1/s1. The Kier molecular flexibility index (Phi) is 3.58. The van der Waals surface area contributed by atoms with Gasteiger partial charge in [-0.05, 0) is 13.8 Å². The van der Waals surface area contributed by atoms with Crippen LogP contribution in [0.25, 0.3) is 11.2 Å². The number of aromatic nitrogens is 4. The molecule has 0 aliphatic carbocycles. The van der Waals surface area contributed by atoms with Crippen molar-refractivity contribution in [3.05, 3.63) is 18.3 Å². The van der Waals surface area contributed by atoms with Gasteiger partial charge in [0.2, 0.25) is 0 Å². The van der Waals surface area contributed by atoms with E-state index in [0.29, 0.717) is 17.0 Å². The van der Waals surface area contributed by atoms with E-state index in [1.807, 2.05) is 0 Å². The van der Waals surface area contributed by atoms with E-state index in [1.54, 1.807) is 20.0 Å². The third-order valence-electron chi connectivity index (χ3n) is 3.68. The summed E-state index contributed by atoms with van der Waals surface area (Å²) < 4.78 is 7.09. The van der Waals surface area contributed by atoms with Crippen molar-refractivity contribution in [2.75, 3.05) is 6.61 Å². The predicted octanol–water partition coefficient (Wildman–Crippen LogP) is -0.860. The first kappa shape index (κ1) is 14.9. The number of aryl methyl sites for hydroxylation is 1. The average molecular weight is 304 g/mol. The molecule has 1 unspecified atom stereocenters. The molecule has 0 bridgehead atoms. The van der Waals surface area contributed by atoms with Gasteiger partial charge < -0.3 is 20.1 Å². The third kappa shape index (κ3) is 2.07. The Hall–Kier alpha value is -2.05. The lowest BCUT2D eigenvalue weighted by Gasteiger charge is -2.26. The molecule has 8 nitrogen and oxygen atoms in total. The average Bonchev–Trinajstić information content (AvgIpc) is 3.00. The first-order chi connectivity index (χ1) is 10.5. The van der Waals surface area contributed by atoms with Gasteiger partial charge >= 0.3 is 0 Å². The van der Waals surface area contributed by atoms with Gasteiger partial charge in [-0.2, -0.15) is 0 Å². The highest BCUT2D eigenvalue weighted by Crippen LogP contribution is 2.39. The number of hydrogen-bond acceptors (Lipinski definition) is 7. The maximum atomic E-state index is 10.8. The molecule has 116 valence electrons. The van der Waals surface area contributed by atoms with Gasteiger partial charge in [-0.1, -0.05) is 5.92 Å². The Morgan fingerprint density at radius 2 is 2.23 bits per heavy atom. The molecule has 0 amide bonds. The van der Waals surface area contributed by atoms with Gasteiger partial charge in [-0.15, -0.1) is 5.92 Å². The predicted molar refractivity (Wildman–Crippen MR) is 75.5 cm³/mol. The maximum absolute atomic E-state index is 10.8. The van der Waals surface area contributed by atoms with Crippen LogP contribution < -0.4 is 0 Å². The van der Waals surface area contributed by atoms with Gasteiger partial charge in [-0.25, -0.2) is 15.0 Å². The van der Waals surface area contributed by atoms with E-state index in [2.05, 4.69) is 26.8 Å². The van der Waals surface area contributed by atoms with Crippen molar-refractivity contribution >= 4 is 11.2 Å². The lowest BCUT2D eigenvalue weighted by molar-refractivity contribution is -0.0722. The summed E-state index contributed by atoms with van der Waals surface area (Å²) in [5.41, 5.74) is -0.878. The van der Waals surface area contributed by atoms with Gasteiger partial charge in [0.1, 0.15) is 23.5 Å². The highest BCUT2D eigenvalue weighted by atomic mass is 16.6. The van der Waals surface area contributed by atoms with Crippen LogP contribution in [0.15, 0.2) is 12.5 Å². The summed E-state index contributed by atoms with van der Waals surface area (Å²) in [4.78, 5) is 12.5. The normalized spacial score (nSPS) is 31.2. The van der Waals surface area contributed by atoms with E-state index < -0.39 is 30.6 Å². The van der Waals surface area contributed by atoms with E-state index in [9.17, 15) is 15.3 Å². The second-order valence-electron chi connectivity index (χ2n) is 5.13. The van der Waals surface area contributed by atoms with Gasteiger partial charge in [0.05, 0.1) is 19.1 Å². The minimum Gasteiger partial charge on any atom is -0.394 e. The molecule has 2 aromatic heterocycles. The SMILES string of the molecule is CC#CC1(O)[C@@H](O)[C@@H](CO)O[C@H]1n1cnc2cnc(C)nc21. The molecule has 4 atom stereocenters. The van der Waals surface area contributed by atoms with Crippen molar-refractivity contribution in [3.8, 4) is 11.8 Å². The minimum absolute atomic E-state index is 0.438. The number of imidazole rings is 1. The van der Waals surface area contributed by atoms with Gasteiger partial charge in [0.15, 0.2) is 17.5 Å². The quantitative estimate of drug-likeness (QED) is 0.619. The first-order valence-corrected chi connectivity index (χ1v) is 6.78. The molecule has 2 aromatic rings. The van der Waals surface area contributed by atoms with Gasteiger partial charge in [0, 0.05) is 0 Å². The summed E-state index contributed by atoms with van der Waals surface area (Å²) in [6.07, 6.45) is -0.329. The number of hydrogen-bond donors (Lipinski definition) is 3. The highest BCUT2D eigenvalue weighted by molar-refractivity contribution is 5.69. The molecule has 0 aromatic carbocycles. The van der Waals surface area contributed by atoms with E-state index in [0.717, 1.165) is 0 Å². The van der Waals surface area contributed by atoms with Crippen molar-refractivity contribution < 1.29 is 20.1 Å². The van der Waals surface area contributed by atoms with Crippen LogP contribution in [0, 0.1) is 18.8 Å². The largest absolute Gasteiger partial charge is 0.394 e. The molecule has 1 fully saturated rings. The van der Waals surface area contributed by atoms with Crippen molar-refractivity contribution in [2.24, 2.45) is 0 Å². The summed E-state index contributed by atoms with van der Waals surface area (Å²) in [5.74, 6) is 5.71. The molecule has 1 saturated heterocycles. The molecule has 22 heavy (non-hydrogen) atoms. The van der Waals surface area contributed by atoms with Crippen LogP contribution in [0.1, 0.15) is 19.0 Å². The molecular formula is C14H16N4O4.